The molecular weight excluding hydrogens is 316 g/mol. The van der Waals surface area contributed by atoms with E-state index in [1.165, 1.54) is 44.3 Å². The van der Waals surface area contributed by atoms with Crippen molar-refractivity contribution >= 4 is 10.8 Å². The van der Waals surface area contributed by atoms with E-state index in [4.69, 9.17) is 0 Å². The highest BCUT2D eigenvalue weighted by Crippen LogP contribution is 2.49. The standard InChI is InChI=1S/C25H20O/c1-2-16-10-6-13-21-22(26)15-19-14-18-11-7-12-20(17-8-4-3-5-9-17)24(18)25(19)23(16)21/h3-13,15,26H,2,14H2,1H3. The summed E-state index contributed by atoms with van der Waals surface area (Å²) >= 11 is 0. The van der Waals surface area contributed by atoms with E-state index in [1.54, 1.807) is 0 Å². The first-order valence-corrected chi connectivity index (χ1v) is 9.22. The molecule has 0 saturated heterocycles. The van der Waals surface area contributed by atoms with Crippen molar-refractivity contribution in [1.29, 1.82) is 0 Å². The Labute approximate surface area is 153 Å². The Bertz CT molecular complexity index is 1140. The maximum Gasteiger partial charge on any atom is 0.123 e. The Balaban J connectivity index is 1.92. The fraction of sp³-hybridized carbons (Fsp3) is 0.120. The second-order valence-corrected chi connectivity index (χ2v) is 7.01. The lowest BCUT2D eigenvalue weighted by atomic mass is 9.89. The van der Waals surface area contributed by atoms with Gasteiger partial charge in [0.05, 0.1) is 0 Å². The first-order valence-electron chi connectivity index (χ1n) is 9.22. The fourth-order valence-electron chi connectivity index (χ4n) is 4.41. The van der Waals surface area contributed by atoms with Crippen molar-refractivity contribution in [2.75, 3.05) is 0 Å². The molecule has 1 heteroatoms. The lowest BCUT2D eigenvalue weighted by Gasteiger charge is -2.15. The van der Waals surface area contributed by atoms with Crippen molar-refractivity contribution in [3.63, 3.8) is 0 Å². The number of aromatic hydroxyl groups is 1. The molecule has 5 rings (SSSR count). The second kappa shape index (κ2) is 5.74. The molecule has 26 heavy (non-hydrogen) atoms. The van der Waals surface area contributed by atoms with E-state index in [9.17, 15) is 5.11 Å². The summed E-state index contributed by atoms with van der Waals surface area (Å²) in [4.78, 5) is 0. The van der Waals surface area contributed by atoms with Crippen LogP contribution in [0, 0.1) is 0 Å². The van der Waals surface area contributed by atoms with Crippen LogP contribution in [0.2, 0.25) is 0 Å². The molecule has 4 aromatic rings. The zero-order valence-electron chi connectivity index (χ0n) is 14.8. The molecule has 126 valence electrons. The number of benzene rings is 4. The summed E-state index contributed by atoms with van der Waals surface area (Å²) in [5.74, 6) is 0.392. The quantitative estimate of drug-likeness (QED) is 0.398. The third-order valence-electron chi connectivity index (χ3n) is 5.56. The Morgan fingerprint density at radius 3 is 2.42 bits per heavy atom. The zero-order valence-corrected chi connectivity index (χ0v) is 14.8. The maximum absolute atomic E-state index is 10.6. The van der Waals surface area contributed by atoms with Gasteiger partial charge in [0, 0.05) is 5.39 Å². The van der Waals surface area contributed by atoms with Crippen molar-refractivity contribution in [3.05, 3.63) is 89.5 Å². The minimum atomic E-state index is 0.392. The fourth-order valence-corrected chi connectivity index (χ4v) is 4.41. The molecule has 1 aliphatic carbocycles. The summed E-state index contributed by atoms with van der Waals surface area (Å²) in [5, 5.41) is 12.8. The van der Waals surface area contributed by atoms with Gasteiger partial charge < -0.3 is 5.11 Å². The number of rotatable bonds is 2. The third kappa shape index (κ3) is 2.10. The second-order valence-electron chi connectivity index (χ2n) is 7.01. The van der Waals surface area contributed by atoms with Crippen LogP contribution in [0.1, 0.15) is 23.6 Å². The summed E-state index contributed by atoms with van der Waals surface area (Å²) in [6.45, 7) is 2.18. The molecule has 0 radical (unpaired) electrons. The van der Waals surface area contributed by atoms with Gasteiger partial charge in [-0.1, -0.05) is 73.7 Å². The van der Waals surface area contributed by atoms with Crippen LogP contribution in [-0.2, 0) is 12.8 Å². The van der Waals surface area contributed by atoms with Gasteiger partial charge in [-0.2, -0.15) is 0 Å². The van der Waals surface area contributed by atoms with Crippen molar-refractivity contribution in [3.8, 4) is 28.0 Å². The third-order valence-corrected chi connectivity index (χ3v) is 5.56. The number of hydrogen-bond donors (Lipinski definition) is 1. The van der Waals surface area contributed by atoms with E-state index in [0.29, 0.717) is 5.75 Å². The topological polar surface area (TPSA) is 20.2 Å². The molecule has 0 unspecified atom stereocenters. The molecule has 0 heterocycles. The minimum absolute atomic E-state index is 0.392. The van der Waals surface area contributed by atoms with Gasteiger partial charge in [-0.25, -0.2) is 0 Å². The van der Waals surface area contributed by atoms with Crippen LogP contribution in [0.15, 0.2) is 72.8 Å². The highest BCUT2D eigenvalue weighted by atomic mass is 16.3. The molecule has 0 bridgehead atoms. The summed E-state index contributed by atoms with van der Waals surface area (Å²) < 4.78 is 0. The molecule has 1 aliphatic rings. The van der Waals surface area contributed by atoms with Gasteiger partial charge in [-0.15, -0.1) is 0 Å². The van der Waals surface area contributed by atoms with Gasteiger partial charge in [0.15, 0.2) is 0 Å². The Morgan fingerprint density at radius 1 is 0.808 bits per heavy atom. The molecular formula is C25H20O. The molecule has 0 aliphatic heterocycles. The highest BCUT2D eigenvalue weighted by molar-refractivity contribution is 6.08. The molecule has 1 N–H and O–H groups in total. The van der Waals surface area contributed by atoms with E-state index in [1.807, 2.05) is 18.2 Å². The Hall–Kier alpha value is -3.06. The average molecular weight is 336 g/mol. The van der Waals surface area contributed by atoms with Crippen molar-refractivity contribution < 1.29 is 5.11 Å². The van der Waals surface area contributed by atoms with Crippen molar-refractivity contribution in [2.24, 2.45) is 0 Å². The number of hydrogen-bond acceptors (Lipinski definition) is 1. The SMILES string of the molecule is CCc1cccc2c(O)cc3c(c12)-c1c(cccc1-c1ccccc1)C3. The average Bonchev–Trinajstić information content (AvgIpc) is 3.06. The van der Waals surface area contributed by atoms with Crippen LogP contribution in [0.5, 0.6) is 5.75 Å². The molecule has 0 atom stereocenters. The lowest BCUT2D eigenvalue weighted by Crippen LogP contribution is -1.91. The van der Waals surface area contributed by atoms with Crippen LogP contribution in [-0.4, -0.2) is 5.11 Å². The van der Waals surface area contributed by atoms with E-state index in [2.05, 4.69) is 61.5 Å². The number of aryl methyl sites for hydroxylation is 1. The monoisotopic (exact) mass is 336 g/mol. The van der Waals surface area contributed by atoms with E-state index >= 15 is 0 Å². The number of phenols is 1. The molecule has 0 aromatic heterocycles. The highest BCUT2D eigenvalue weighted by Gasteiger charge is 2.26. The number of phenolic OH excluding ortho intramolecular Hbond substituents is 1. The minimum Gasteiger partial charge on any atom is -0.507 e. The van der Waals surface area contributed by atoms with Crippen LogP contribution in [0.25, 0.3) is 33.0 Å². The van der Waals surface area contributed by atoms with Crippen molar-refractivity contribution in [1.82, 2.24) is 0 Å². The molecule has 0 fully saturated rings. The van der Waals surface area contributed by atoms with Gasteiger partial charge in [0.25, 0.3) is 0 Å². The van der Waals surface area contributed by atoms with Gasteiger partial charge in [-0.05, 0) is 63.2 Å². The first kappa shape index (κ1) is 15.2. The van der Waals surface area contributed by atoms with Gasteiger partial charge in [0.2, 0.25) is 0 Å². The molecule has 1 nitrogen and oxygen atoms in total. The largest absolute Gasteiger partial charge is 0.507 e. The van der Waals surface area contributed by atoms with Crippen molar-refractivity contribution in [2.45, 2.75) is 19.8 Å². The smallest absolute Gasteiger partial charge is 0.123 e. The number of fused-ring (bicyclic) bond motifs is 5. The van der Waals surface area contributed by atoms with Gasteiger partial charge >= 0.3 is 0 Å². The van der Waals surface area contributed by atoms with Crippen LogP contribution < -0.4 is 0 Å². The molecule has 0 spiro atoms. The lowest BCUT2D eigenvalue weighted by molar-refractivity contribution is 0.481. The van der Waals surface area contributed by atoms with E-state index in [-0.39, 0.29) is 0 Å². The molecule has 0 amide bonds. The van der Waals surface area contributed by atoms with Gasteiger partial charge in [-0.3, -0.25) is 0 Å². The zero-order chi connectivity index (χ0) is 17.7. The summed E-state index contributed by atoms with van der Waals surface area (Å²) in [6, 6.07) is 25.4. The normalized spacial score (nSPS) is 12.2. The summed E-state index contributed by atoms with van der Waals surface area (Å²) in [7, 11) is 0. The predicted molar refractivity (Wildman–Crippen MR) is 109 cm³/mol. The van der Waals surface area contributed by atoms with E-state index in [0.717, 1.165) is 18.2 Å². The maximum atomic E-state index is 10.6. The van der Waals surface area contributed by atoms with Gasteiger partial charge in [0.1, 0.15) is 5.75 Å². The molecule has 4 aromatic carbocycles. The summed E-state index contributed by atoms with van der Waals surface area (Å²) in [5.41, 5.74) is 9.04. The summed E-state index contributed by atoms with van der Waals surface area (Å²) in [6.07, 6.45) is 1.84. The predicted octanol–water partition coefficient (Wildman–Crippen LogP) is 6.35. The van der Waals surface area contributed by atoms with Crippen LogP contribution >= 0.6 is 0 Å². The Morgan fingerprint density at radius 2 is 1.62 bits per heavy atom. The van der Waals surface area contributed by atoms with Crippen LogP contribution in [0.3, 0.4) is 0 Å². The van der Waals surface area contributed by atoms with E-state index < -0.39 is 0 Å². The molecule has 0 saturated carbocycles. The first-order chi connectivity index (χ1) is 12.8. The van der Waals surface area contributed by atoms with Crippen LogP contribution in [0.4, 0.5) is 0 Å². The Kier molecular flexibility index (Phi) is 3.36.